The quantitative estimate of drug-likeness (QED) is 0.816. The number of nitrogens with one attached hydrogen (secondary N) is 1. The maximum atomic E-state index is 12.1. The maximum Gasteiger partial charge on any atom is 0.223 e. The zero-order valence-corrected chi connectivity index (χ0v) is 13.8. The van der Waals surface area contributed by atoms with Crippen molar-refractivity contribution in [2.24, 2.45) is 5.92 Å². The largest absolute Gasteiger partial charge is 0.382 e. The third-order valence-corrected chi connectivity index (χ3v) is 5.90. The Bertz CT molecular complexity index is 645. The highest BCUT2D eigenvalue weighted by molar-refractivity contribution is 7.12. The molecule has 0 aliphatic heterocycles. The lowest BCUT2D eigenvalue weighted by Gasteiger charge is -2.16. The topological polar surface area (TPSA) is 49.3 Å². The van der Waals surface area contributed by atoms with Crippen molar-refractivity contribution in [2.45, 2.75) is 31.9 Å². The first kappa shape index (κ1) is 15.5. The van der Waals surface area contributed by atoms with Gasteiger partial charge in [0.05, 0.1) is 6.54 Å². The highest BCUT2D eigenvalue weighted by atomic mass is 32.1. The number of aliphatic hydroxyl groups excluding tert-OH is 1. The summed E-state index contributed by atoms with van der Waals surface area (Å²) in [6, 6.07) is 7.81. The van der Waals surface area contributed by atoms with Gasteiger partial charge in [-0.2, -0.15) is 0 Å². The van der Waals surface area contributed by atoms with E-state index in [1.807, 2.05) is 29.6 Å². The standard InChI is InChI=1S/C17H19NO2S2/c19-16(14-7-4-10-21-14)15-9-8-13(22-15)11-18-17(20)12-5-2-1-3-6-12/h1-2,4,7-10,12,16,19H,3,5-6,11H2,(H,18,20). The Labute approximate surface area is 138 Å². The molecule has 1 amide bonds. The second-order valence-corrected chi connectivity index (χ2v) is 7.60. The van der Waals surface area contributed by atoms with Crippen LogP contribution in [-0.2, 0) is 11.3 Å². The van der Waals surface area contributed by atoms with Crippen LogP contribution in [-0.4, -0.2) is 11.0 Å². The summed E-state index contributed by atoms with van der Waals surface area (Å²) >= 11 is 3.11. The zero-order chi connectivity index (χ0) is 15.4. The summed E-state index contributed by atoms with van der Waals surface area (Å²) in [5, 5.41) is 15.3. The van der Waals surface area contributed by atoms with E-state index in [4.69, 9.17) is 0 Å². The Morgan fingerprint density at radius 2 is 2.23 bits per heavy atom. The lowest BCUT2D eigenvalue weighted by atomic mass is 9.94. The second kappa shape index (κ2) is 7.22. The van der Waals surface area contributed by atoms with E-state index in [2.05, 4.69) is 17.5 Å². The van der Waals surface area contributed by atoms with Gasteiger partial charge in [0.2, 0.25) is 5.91 Å². The number of hydrogen-bond acceptors (Lipinski definition) is 4. The molecule has 0 bridgehead atoms. The fraction of sp³-hybridized carbons (Fsp3) is 0.353. The molecule has 2 heterocycles. The molecule has 0 fully saturated rings. The van der Waals surface area contributed by atoms with E-state index in [1.54, 1.807) is 22.7 Å². The second-order valence-electron chi connectivity index (χ2n) is 5.42. The Hall–Kier alpha value is -1.43. The minimum Gasteiger partial charge on any atom is -0.382 e. The molecule has 2 aromatic heterocycles. The van der Waals surface area contributed by atoms with Gasteiger partial charge in [0.1, 0.15) is 6.10 Å². The van der Waals surface area contributed by atoms with E-state index >= 15 is 0 Å². The highest BCUT2D eigenvalue weighted by Gasteiger charge is 2.19. The van der Waals surface area contributed by atoms with Gasteiger partial charge in [-0.3, -0.25) is 4.79 Å². The number of allylic oxidation sites excluding steroid dienone is 2. The van der Waals surface area contributed by atoms with Gasteiger partial charge in [0, 0.05) is 20.5 Å². The number of rotatable bonds is 5. The molecule has 2 atom stereocenters. The Morgan fingerprint density at radius 3 is 2.95 bits per heavy atom. The molecule has 0 spiro atoms. The van der Waals surface area contributed by atoms with Gasteiger partial charge in [0.15, 0.2) is 0 Å². The molecule has 3 nitrogen and oxygen atoms in total. The van der Waals surface area contributed by atoms with Crippen LogP contribution in [0.2, 0.25) is 0 Å². The van der Waals surface area contributed by atoms with Crippen molar-refractivity contribution in [3.63, 3.8) is 0 Å². The van der Waals surface area contributed by atoms with E-state index < -0.39 is 6.10 Å². The molecule has 5 heteroatoms. The summed E-state index contributed by atoms with van der Waals surface area (Å²) in [5.41, 5.74) is 0. The minimum absolute atomic E-state index is 0.112. The van der Waals surface area contributed by atoms with Gasteiger partial charge in [-0.25, -0.2) is 0 Å². The number of aliphatic hydroxyl groups is 1. The number of thiophene rings is 2. The summed E-state index contributed by atoms with van der Waals surface area (Å²) in [5.74, 6) is 0.249. The van der Waals surface area contributed by atoms with Crippen molar-refractivity contribution in [1.82, 2.24) is 5.32 Å². The average molecular weight is 333 g/mol. The molecule has 116 valence electrons. The Balaban J connectivity index is 1.55. The van der Waals surface area contributed by atoms with E-state index in [1.165, 1.54) is 0 Å². The molecule has 2 unspecified atom stereocenters. The summed E-state index contributed by atoms with van der Waals surface area (Å²) in [6.07, 6.45) is 6.45. The van der Waals surface area contributed by atoms with E-state index in [0.29, 0.717) is 6.54 Å². The molecule has 0 aromatic carbocycles. The van der Waals surface area contributed by atoms with Gasteiger partial charge in [-0.1, -0.05) is 18.2 Å². The molecule has 1 aliphatic carbocycles. The predicted octanol–water partition coefficient (Wildman–Crippen LogP) is 3.86. The molecule has 1 aliphatic rings. The highest BCUT2D eigenvalue weighted by Crippen LogP contribution is 2.31. The van der Waals surface area contributed by atoms with Crippen molar-refractivity contribution in [3.05, 3.63) is 56.4 Å². The van der Waals surface area contributed by atoms with E-state index in [-0.39, 0.29) is 11.8 Å². The molecular weight excluding hydrogens is 314 g/mol. The number of carbonyl (C=O) groups is 1. The number of hydrogen-bond donors (Lipinski definition) is 2. The lowest BCUT2D eigenvalue weighted by molar-refractivity contribution is -0.125. The van der Waals surface area contributed by atoms with Crippen molar-refractivity contribution in [2.75, 3.05) is 0 Å². The smallest absolute Gasteiger partial charge is 0.223 e. The van der Waals surface area contributed by atoms with Gasteiger partial charge in [-0.15, -0.1) is 22.7 Å². The minimum atomic E-state index is -0.557. The van der Waals surface area contributed by atoms with Crippen LogP contribution in [0, 0.1) is 5.92 Å². The van der Waals surface area contributed by atoms with Crippen molar-refractivity contribution >= 4 is 28.6 Å². The molecular formula is C17H19NO2S2. The molecule has 2 aromatic rings. The van der Waals surface area contributed by atoms with Crippen molar-refractivity contribution in [3.8, 4) is 0 Å². The monoisotopic (exact) mass is 333 g/mol. The first-order valence-electron chi connectivity index (χ1n) is 7.47. The normalized spacial score (nSPS) is 19.0. The van der Waals surface area contributed by atoms with E-state index in [9.17, 15) is 9.90 Å². The molecule has 0 saturated heterocycles. The average Bonchev–Trinajstić information content (AvgIpc) is 3.24. The van der Waals surface area contributed by atoms with Crippen LogP contribution < -0.4 is 5.32 Å². The number of carbonyl (C=O) groups excluding carboxylic acids is 1. The first-order valence-corrected chi connectivity index (χ1v) is 9.16. The van der Waals surface area contributed by atoms with Crippen LogP contribution in [0.25, 0.3) is 0 Å². The van der Waals surface area contributed by atoms with Crippen molar-refractivity contribution in [1.29, 1.82) is 0 Å². The molecule has 3 rings (SSSR count). The molecule has 22 heavy (non-hydrogen) atoms. The van der Waals surface area contributed by atoms with Crippen LogP contribution in [0.5, 0.6) is 0 Å². The third kappa shape index (κ3) is 3.66. The van der Waals surface area contributed by atoms with Gasteiger partial charge in [-0.05, 0) is 42.8 Å². The fourth-order valence-electron chi connectivity index (χ4n) is 2.57. The fourth-order valence-corrected chi connectivity index (χ4v) is 4.33. The summed E-state index contributed by atoms with van der Waals surface area (Å²) in [4.78, 5) is 15.1. The maximum absolute atomic E-state index is 12.1. The lowest BCUT2D eigenvalue weighted by Crippen LogP contribution is -2.30. The van der Waals surface area contributed by atoms with Gasteiger partial charge >= 0.3 is 0 Å². The first-order chi connectivity index (χ1) is 10.7. The van der Waals surface area contributed by atoms with Crippen LogP contribution in [0.15, 0.2) is 41.8 Å². The van der Waals surface area contributed by atoms with Gasteiger partial charge in [0.25, 0.3) is 0 Å². The number of amides is 1. The summed E-state index contributed by atoms with van der Waals surface area (Å²) < 4.78 is 0. The predicted molar refractivity (Wildman–Crippen MR) is 91.0 cm³/mol. The molecule has 0 saturated carbocycles. The van der Waals surface area contributed by atoms with Crippen LogP contribution in [0.4, 0.5) is 0 Å². The van der Waals surface area contributed by atoms with Crippen LogP contribution in [0.1, 0.15) is 40.0 Å². The Kier molecular flexibility index (Phi) is 5.08. The van der Waals surface area contributed by atoms with Crippen LogP contribution in [0.3, 0.4) is 0 Å². The van der Waals surface area contributed by atoms with Crippen molar-refractivity contribution < 1.29 is 9.90 Å². The third-order valence-electron chi connectivity index (χ3n) is 3.84. The molecule has 2 N–H and O–H groups in total. The van der Waals surface area contributed by atoms with Crippen LogP contribution >= 0.6 is 22.7 Å². The zero-order valence-electron chi connectivity index (χ0n) is 12.2. The SMILES string of the molecule is O=C(NCc1ccc(C(O)c2cccs2)s1)C1CC=CCC1. The van der Waals surface area contributed by atoms with E-state index in [0.717, 1.165) is 33.9 Å². The molecule has 0 radical (unpaired) electrons. The summed E-state index contributed by atoms with van der Waals surface area (Å²) in [6.45, 7) is 0.543. The Morgan fingerprint density at radius 1 is 1.32 bits per heavy atom. The summed E-state index contributed by atoms with van der Waals surface area (Å²) in [7, 11) is 0. The van der Waals surface area contributed by atoms with Gasteiger partial charge < -0.3 is 10.4 Å².